The van der Waals surface area contributed by atoms with E-state index in [9.17, 15) is 14.2 Å². The van der Waals surface area contributed by atoms with Gasteiger partial charge >= 0.3 is 5.97 Å². The zero-order valence-corrected chi connectivity index (χ0v) is 22.9. The highest BCUT2D eigenvalue weighted by Crippen LogP contribution is 2.40. The van der Waals surface area contributed by atoms with Gasteiger partial charge < -0.3 is 19.8 Å². The highest BCUT2D eigenvalue weighted by atomic mass is 35.5. The first kappa shape index (κ1) is 28.5. The molecular weight excluding hydrogens is 521 g/mol. The lowest BCUT2D eigenvalue weighted by molar-refractivity contribution is -0.153. The molecule has 0 spiro atoms. The average molecular weight is 552 g/mol. The summed E-state index contributed by atoms with van der Waals surface area (Å²) in [5, 5.41) is 5.75. The van der Waals surface area contributed by atoms with Gasteiger partial charge in [0.15, 0.2) is 11.5 Å². The molecule has 0 saturated heterocycles. The van der Waals surface area contributed by atoms with Crippen molar-refractivity contribution in [3.63, 3.8) is 0 Å². The van der Waals surface area contributed by atoms with E-state index in [-0.39, 0.29) is 17.5 Å². The summed E-state index contributed by atoms with van der Waals surface area (Å²) in [4.78, 5) is 37.9. The molecule has 2 aromatic heterocycles. The molecule has 200 valence electrons. The van der Waals surface area contributed by atoms with Crippen LogP contribution < -0.4 is 15.9 Å². The zero-order valence-electron chi connectivity index (χ0n) is 21.3. The average Bonchev–Trinajstić information content (AvgIpc) is 3.21. The van der Waals surface area contributed by atoms with Gasteiger partial charge in [-0.2, -0.15) is 0 Å². The van der Waals surface area contributed by atoms with E-state index in [0.717, 1.165) is 0 Å². The number of benzene rings is 1. The van der Waals surface area contributed by atoms with E-state index in [0.29, 0.717) is 22.7 Å². The summed E-state index contributed by atoms with van der Waals surface area (Å²) in [5.74, 6) is -0.991. The Labute approximate surface area is 219 Å². The van der Waals surface area contributed by atoms with E-state index >= 15 is 0 Å². The molecule has 2 unspecified atom stereocenters. The fourth-order valence-corrected chi connectivity index (χ4v) is 5.60. The number of nitrogen functional groups attached to an aromatic ring is 1. The van der Waals surface area contributed by atoms with Crippen molar-refractivity contribution in [3.8, 4) is 0 Å². The molecule has 0 aliphatic heterocycles. The molecule has 12 nitrogen and oxygen atoms in total. The second kappa shape index (κ2) is 11.6. The van der Waals surface area contributed by atoms with E-state index in [2.05, 4.69) is 25.1 Å². The standard InChI is InChI=1S/C23H31ClN7O5P/c1-14(2)36-22(33)23(4,5)30-37(34,29-21(32)16-6-8-17(24)9-7-16)13-35-15(3)10-31-12-28-18-19(25)26-11-27-20(18)31/h6-9,11-12,14-15H,10,13H2,1-5H3,(H2,25,26,27)(H2,29,30,32,34). The smallest absolute Gasteiger partial charge is 0.326 e. The predicted molar refractivity (Wildman–Crippen MR) is 140 cm³/mol. The summed E-state index contributed by atoms with van der Waals surface area (Å²) >= 11 is 5.91. The van der Waals surface area contributed by atoms with Crippen molar-refractivity contribution in [2.75, 3.05) is 12.1 Å². The van der Waals surface area contributed by atoms with Crippen LogP contribution in [-0.2, 0) is 25.4 Å². The van der Waals surface area contributed by atoms with Crippen LogP contribution in [0.2, 0.25) is 5.02 Å². The number of ether oxygens (including phenoxy) is 2. The third-order valence-electron chi connectivity index (χ3n) is 5.13. The first-order valence-corrected chi connectivity index (χ1v) is 13.8. The Bertz CT molecular complexity index is 1310. The Hall–Kier alpha value is -3.05. The molecule has 2 atom stereocenters. The second-order valence-electron chi connectivity index (χ2n) is 9.31. The van der Waals surface area contributed by atoms with Gasteiger partial charge in [0.25, 0.3) is 13.4 Å². The molecule has 2 heterocycles. The number of amides is 1. The Kier molecular flexibility index (Phi) is 8.91. The molecule has 4 N–H and O–H groups in total. The third kappa shape index (κ3) is 7.48. The number of carbonyl (C=O) groups is 2. The number of aromatic nitrogens is 4. The molecule has 3 rings (SSSR count). The number of halogens is 1. The number of hydrogen-bond acceptors (Lipinski definition) is 9. The minimum Gasteiger partial charge on any atom is -0.462 e. The van der Waals surface area contributed by atoms with Crippen LogP contribution in [0.5, 0.6) is 0 Å². The summed E-state index contributed by atoms with van der Waals surface area (Å²) in [7, 11) is -3.85. The molecule has 1 aromatic carbocycles. The molecule has 1 amide bonds. The monoisotopic (exact) mass is 551 g/mol. The lowest BCUT2D eigenvalue weighted by Gasteiger charge is -2.31. The first-order valence-electron chi connectivity index (χ1n) is 11.5. The van der Waals surface area contributed by atoms with Crippen molar-refractivity contribution in [1.82, 2.24) is 29.7 Å². The van der Waals surface area contributed by atoms with Crippen LogP contribution in [0.3, 0.4) is 0 Å². The van der Waals surface area contributed by atoms with Gasteiger partial charge in [0.2, 0.25) is 0 Å². The summed E-state index contributed by atoms with van der Waals surface area (Å²) in [6.07, 6.45) is 1.62. The minimum absolute atomic E-state index is 0.240. The number of nitrogens with zero attached hydrogens (tertiary/aromatic N) is 4. The third-order valence-corrected chi connectivity index (χ3v) is 7.38. The molecule has 0 aliphatic rings. The second-order valence-corrected chi connectivity index (χ2v) is 11.9. The van der Waals surface area contributed by atoms with Crippen molar-refractivity contribution in [2.24, 2.45) is 0 Å². The Morgan fingerprint density at radius 1 is 1.16 bits per heavy atom. The number of rotatable bonds is 11. The van der Waals surface area contributed by atoms with Gasteiger partial charge in [0.1, 0.15) is 23.7 Å². The van der Waals surface area contributed by atoms with E-state index < -0.39 is 37.3 Å². The molecule has 0 radical (unpaired) electrons. The quantitative estimate of drug-likeness (QED) is 0.238. The lowest BCUT2D eigenvalue weighted by Crippen LogP contribution is -2.49. The van der Waals surface area contributed by atoms with Crippen molar-refractivity contribution < 1.29 is 23.6 Å². The van der Waals surface area contributed by atoms with Gasteiger partial charge in [-0.3, -0.25) is 19.2 Å². The van der Waals surface area contributed by atoms with E-state index in [1.807, 2.05) is 0 Å². The Balaban J connectivity index is 1.77. The SMILES string of the molecule is CC(C)OC(=O)C(C)(C)NP(=O)(COC(C)Cn1cnc2c(N)ncnc21)NC(=O)c1ccc(Cl)cc1. The van der Waals surface area contributed by atoms with Crippen LogP contribution in [0.4, 0.5) is 5.82 Å². The van der Waals surface area contributed by atoms with Crippen molar-refractivity contribution in [3.05, 3.63) is 47.5 Å². The molecule has 0 aliphatic carbocycles. The molecule has 14 heteroatoms. The van der Waals surface area contributed by atoms with E-state index in [1.165, 1.54) is 32.3 Å². The van der Waals surface area contributed by atoms with Crippen LogP contribution in [0.1, 0.15) is 45.0 Å². The van der Waals surface area contributed by atoms with Crippen molar-refractivity contribution >= 4 is 47.9 Å². The largest absolute Gasteiger partial charge is 0.462 e. The molecule has 37 heavy (non-hydrogen) atoms. The molecule has 0 bridgehead atoms. The number of anilines is 1. The number of fused-ring (bicyclic) bond motifs is 1. The number of nitrogens with two attached hydrogens (primary N) is 1. The number of esters is 1. The highest BCUT2D eigenvalue weighted by Gasteiger charge is 2.39. The van der Waals surface area contributed by atoms with Gasteiger partial charge in [-0.25, -0.2) is 20.0 Å². The van der Waals surface area contributed by atoms with Crippen LogP contribution in [0.15, 0.2) is 36.9 Å². The maximum absolute atomic E-state index is 14.0. The van der Waals surface area contributed by atoms with Gasteiger partial charge in [0, 0.05) is 10.6 Å². The molecule has 0 saturated carbocycles. The minimum atomic E-state index is -3.85. The van der Waals surface area contributed by atoms with Crippen LogP contribution in [0.25, 0.3) is 11.2 Å². The normalized spacial score (nSPS) is 14.4. The van der Waals surface area contributed by atoms with Crippen LogP contribution in [-0.4, -0.2) is 55.5 Å². The summed E-state index contributed by atoms with van der Waals surface area (Å²) in [5.41, 5.74) is 5.68. The van der Waals surface area contributed by atoms with Crippen LogP contribution in [0, 0.1) is 0 Å². The highest BCUT2D eigenvalue weighted by molar-refractivity contribution is 7.60. The van der Waals surface area contributed by atoms with Gasteiger partial charge in [-0.15, -0.1) is 0 Å². The predicted octanol–water partition coefficient (Wildman–Crippen LogP) is 3.37. The number of hydrogen-bond donors (Lipinski definition) is 3. The maximum Gasteiger partial charge on any atom is 0.326 e. The summed E-state index contributed by atoms with van der Waals surface area (Å²) in [6.45, 7) is 8.52. The van der Waals surface area contributed by atoms with Crippen molar-refractivity contribution in [1.29, 1.82) is 0 Å². The first-order chi connectivity index (χ1) is 17.3. The lowest BCUT2D eigenvalue weighted by atomic mass is 10.1. The topological polar surface area (TPSA) is 163 Å². The summed E-state index contributed by atoms with van der Waals surface area (Å²) in [6, 6.07) is 6.09. The van der Waals surface area contributed by atoms with Gasteiger partial charge in [-0.05, 0) is 58.9 Å². The molecule has 3 aromatic rings. The van der Waals surface area contributed by atoms with Crippen molar-refractivity contribution in [2.45, 2.75) is 58.9 Å². The van der Waals surface area contributed by atoms with E-state index in [1.54, 1.807) is 43.8 Å². The fraction of sp³-hybridized carbons (Fsp3) is 0.435. The molecular formula is C23H31ClN7O5P. The number of carbonyl (C=O) groups excluding carboxylic acids is 2. The Morgan fingerprint density at radius 2 is 1.84 bits per heavy atom. The summed E-state index contributed by atoms with van der Waals surface area (Å²) < 4.78 is 26.9. The fourth-order valence-electron chi connectivity index (χ4n) is 3.38. The van der Waals surface area contributed by atoms with E-state index in [4.69, 9.17) is 26.8 Å². The van der Waals surface area contributed by atoms with Gasteiger partial charge in [-0.1, -0.05) is 11.6 Å². The zero-order chi connectivity index (χ0) is 27.4. The maximum atomic E-state index is 14.0. The van der Waals surface area contributed by atoms with Crippen LogP contribution >= 0.6 is 19.0 Å². The van der Waals surface area contributed by atoms with Gasteiger partial charge in [0.05, 0.1) is 25.1 Å². The Morgan fingerprint density at radius 3 is 2.49 bits per heavy atom. The number of nitrogens with one attached hydrogen (secondary N) is 2. The molecule has 0 fully saturated rings. The number of imidazole rings is 1.